The number of hydrogen-bond acceptors (Lipinski definition) is 6. The van der Waals surface area contributed by atoms with Gasteiger partial charge in [-0.3, -0.25) is 4.90 Å². The van der Waals surface area contributed by atoms with Gasteiger partial charge >= 0.3 is 0 Å². The van der Waals surface area contributed by atoms with E-state index in [1.807, 2.05) is 24.3 Å². The number of ether oxygens (including phenoxy) is 1. The van der Waals surface area contributed by atoms with E-state index in [-0.39, 0.29) is 6.04 Å². The maximum atomic E-state index is 5.99. The molecule has 0 amide bonds. The molecule has 1 atom stereocenters. The molecule has 23 heavy (non-hydrogen) atoms. The summed E-state index contributed by atoms with van der Waals surface area (Å²) in [7, 11) is 1.65. The van der Waals surface area contributed by atoms with Gasteiger partial charge in [0.1, 0.15) is 5.75 Å². The van der Waals surface area contributed by atoms with Crippen LogP contribution in [0, 0.1) is 5.92 Å². The highest BCUT2D eigenvalue weighted by molar-refractivity contribution is 5.55. The van der Waals surface area contributed by atoms with Crippen LogP contribution in [0.2, 0.25) is 0 Å². The molecule has 1 unspecified atom stereocenters. The summed E-state index contributed by atoms with van der Waals surface area (Å²) in [6.07, 6.45) is 2.27. The summed E-state index contributed by atoms with van der Waals surface area (Å²) >= 11 is 0. The van der Waals surface area contributed by atoms with E-state index in [4.69, 9.17) is 15.0 Å². The van der Waals surface area contributed by atoms with E-state index in [2.05, 4.69) is 22.0 Å². The first-order valence-corrected chi connectivity index (χ1v) is 8.10. The van der Waals surface area contributed by atoms with Crippen molar-refractivity contribution in [2.24, 2.45) is 11.7 Å². The number of rotatable bonds is 5. The van der Waals surface area contributed by atoms with Gasteiger partial charge in [0.05, 0.1) is 13.7 Å². The summed E-state index contributed by atoms with van der Waals surface area (Å²) in [5.41, 5.74) is 6.91. The monoisotopic (exact) mass is 316 g/mol. The molecule has 2 aromatic rings. The quantitative estimate of drug-likeness (QED) is 0.912. The van der Waals surface area contributed by atoms with E-state index >= 15 is 0 Å². The molecule has 6 heteroatoms. The Hall–Kier alpha value is -1.92. The molecule has 1 aliphatic heterocycles. The van der Waals surface area contributed by atoms with Crippen LogP contribution in [-0.4, -0.2) is 41.3 Å². The molecule has 1 saturated heterocycles. The van der Waals surface area contributed by atoms with E-state index in [0.717, 1.165) is 37.2 Å². The number of methoxy groups -OCH3 is 1. The standard InChI is InChI=1S/C17H24N4O2/c1-12(18)13-7-9-21(10-8-13)11-16-19-17(20-23-16)14-3-5-15(22-2)6-4-14/h3-6,12-13H,7-11,18H2,1-2H3. The van der Waals surface area contributed by atoms with Crippen molar-refractivity contribution < 1.29 is 9.26 Å². The van der Waals surface area contributed by atoms with Gasteiger partial charge in [0.25, 0.3) is 0 Å². The molecular weight excluding hydrogens is 292 g/mol. The Morgan fingerprint density at radius 2 is 2.00 bits per heavy atom. The third kappa shape index (κ3) is 3.89. The number of likely N-dealkylation sites (tertiary alicyclic amines) is 1. The van der Waals surface area contributed by atoms with Crippen LogP contribution in [0.1, 0.15) is 25.7 Å². The Labute approximate surface area is 136 Å². The summed E-state index contributed by atoms with van der Waals surface area (Å²) < 4.78 is 10.6. The molecule has 0 radical (unpaired) electrons. The lowest BCUT2D eigenvalue weighted by molar-refractivity contribution is 0.150. The first-order valence-electron chi connectivity index (χ1n) is 8.10. The zero-order valence-corrected chi connectivity index (χ0v) is 13.7. The molecule has 6 nitrogen and oxygen atoms in total. The smallest absolute Gasteiger partial charge is 0.241 e. The van der Waals surface area contributed by atoms with Gasteiger partial charge in [-0.1, -0.05) is 5.16 Å². The summed E-state index contributed by atoms with van der Waals surface area (Å²) in [5.74, 6) is 2.72. The van der Waals surface area contributed by atoms with Crippen molar-refractivity contribution in [3.8, 4) is 17.1 Å². The van der Waals surface area contributed by atoms with Crippen LogP contribution >= 0.6 is 0 Å². The lowest BCUT2D eigenvalue weighted by Gasteiger charge is -2.32. The van der Waals surface area contributed by atoms with E-state index in [9.17, 15) is 0 Å². The van der Waals surface area contributed by atoms with Crippen molar-refractivity contribution in [2.75, 3.05) is 20.2 Å². The van der Waals surface area contributed by atoms with E-state index in [1.54, 1.807) is 7.11 Å². The molecule has 0 saturated carbocycles. The molecule has 1 aliphatic rings. The largest absolute Gasteiger partial charge is 0.497 e. The number of benzene rings is 1. The predicted molar refractivity (Wildman–Crippen MR) is 87.9 cm³/mol. The van der Waals surface area contributed by atoms with Crippen LogP contribution in [0.25, 0.3) is 11.4 Å². The predicted octanol–water partition coefficient (Wildman–Crippen LogP) is 2.30. The van der Waals surface area contributed by atoms with E-state index in [1.165, 1.54) is 0 Å². The van der Waals surface area contributed by atoms with Gasteiger partial charge in [-0.05, 0) is 63.0 Å². The Morgan fingerprint density at radius 1 is 1.30 bits per heavy atom. The number of hydrogen-bond donors (Lipinski definition) is 1. The number of aromatic nitrogens is 2. The van der Waals surface area contributed by atoms with Gasteiger partial charge in [0.2, 0.25) is 11.7 Å². The van der Waals surface area contributed by atoms with Gasteiger partial charge in [-0.15, -0.1) is 0 Å². The Balaban J connectivity index is 1.59. The van der Waals surface area contributed by atoms with Gasteiger partial charge in [0.15, 0.2) is 0 Å². The Kier molecular flexibility index (Phi) is 4.93. The maximum Gasteiger partial charge on any atom is 0.241 e. The third-order valence-corrected chi connectivity index (χ3v) is 4.55. The highest BCUT2D eigenvalue weighted by atomic mass is 16.5. The minimum atomic E-state index is 0.280. The van der Waals surface area contributed by atoms with Crippen LogP contribution in [0.4, 0.5) is 0 Å². The second-order valence-electron chi connectivity index (χ2n) is 6.21. The lowest BCUT2D eigenvalue weighted by atomic mass is 9.91. The minimum Gasteiger partial charge on any atom is -0.497 e. The van der Waals surface area contributed by atoms with Crippen molar-refractivity contribution in [3.05, 3.63) is 30.2 Å². The minimum absolute atomic E-state index is 0.280. The second kappa shape index (κ2) is 7.10. The van der Waals surface area contributed by atoms with Crippen LogP contribution in [-0.2, 0) is 6.54 Å². The van der Waals surface area contributed by atoms with E-state index in [0.29, 0.717) is 24.2 Å². The van der Waals surface area contributed by atoms with Gasteiger partial charge in [-0.2, -0.15) is 4.98 Å². The van der Waals surface area contributed by atoms with Crippen LogP contribution in [0.5, 0.6) is 5.75 Å². The molecule has 1 aromatic carbocycles. The molecule has 124 valence electrons. The summed E-state index contributed by atoms with van der Waals surface area (Å²) in [6.45, 7) is 4.87. The number of nitrogens with two attached hydrogens (primary N) is 1. The van der Waals surface area contributed by atoms with Crippen LogP contribution in [0.15, 0.2) is 28.8 Å². The van der Waals surface area contributed by atoms with Crippen molar-refractivity contribution in [2.45, 2.75) is 32.4 Å². The fourth-order valence-corrected chi connectivity index (χ4v) is 3.00. The van der Waals surface area contributed by atoms with Crippen LogP contribution < -0.4 is 10.5 Å². The van der Waals surface area contributed by atoms with Crippen molar-refractivity contribution in [1.82, 2.24) is 15.0 Å². The summed E-state index contributed by atoms with van der Waals surface area (Å²) in [5, 5.41) is 4.08. The molecule has 2 N–H and O–H groups in total. The SMILES string of the molecule is COc1ccc(-c2noc(CN3CCC(C(C)N)CC3)n2)cc1. The lowest BCUT2D eigenvalue weighted by Crippen LogP contribution is -2.39. The van der Waals surface area contributed by atoms with Crippen molar-refractivity contribution in [3.63, 3.8) is 0 Å². The molecule has 2 heterocycles. The summed E-state index contributed by atoms with van der Waals surface area (Å²) in [6, 6.07) is 7.93. The average Bonchev–Trinajstić information content (AvgIpc) is 3.04. The molecule has 1 aromatic heterocycles. The highest BCUT2D eigenvalue weighted by Gasteiger charge is 2.23. The Bertz CT molecular complexity index is 616. The topological polar surface area (TPSA) is 77.4 Å². The van der Waals surface area contributed by atoms with Gasteiger partial charge in [-0.25, -0.2) is 0 Å². The fourth-order valence-electron chi connectivity index (χ4n) is 3.00. The van der Waals surface area contributed by atoms with Crippen molar-refractivity contribution in [1.29, 1.82) is 0 Å². The van der Waals surface area contributed by atoms with Gasteiger partial charge in [0, 0.05) is 11.6 Å². The first-order chi connectivity index (χ1) is 11.2. The fraction of sp³-hybridized carbons (Fsp3) is 0.529. The maximum absolute atomic E-state index is 5.99. The van der Waals surface area contributed by atoms with Gasteiger partial charge < -0.3 is 15.0 Å². The molecule has 0 bridgehead atoms. The number of piperidine rings is 1. The molecular formula is C17H24N4O2. The molecule has 0 spiro atoms. The first kappa shape index (κ1) is 16.0. The van der Waals surface area contributed by atoms with E-state index < -0.39 is 0 Å². The molecule has 3 rings (SSSR count). The zero-order valence-electron chi connectivity index (χ0n) is 13.7. The third-order valence-electron chi connectivity index (χ3n) is 4.55. The second-order valence-corrected chi connectivity index (χ2v) is 6.21. The van der Waals surface area contributed by atoms with Crippen LogP contribution in [0.3, 0.4) is 0 Å². The normalized spacial score (nSPS) is 18.0. The highest BCUT2D eigenvalue weighted by Crippen LogP contribution is 2.22. The van der Waals surface area contributed by atoms with Crippen molar-refractivity contribution >= 4 is 0 Å². The molecule has 0 aliphatic carbocycles. The Morgan fingerprint density at radius 3 is 2.61 bits per heavy atom. The zero-order chi connectivity index (χ0) is 16.2. The molecule has 1 fully saturated rings. The summed E-state index contributed by atoms with van der Waals surface area (Å²) in [4.78, 5) is 6.85. The average molecular weight is 316 g/mol. The number of nitrogens with zero attached hydrogens (tertiary/aromatic N) is 3.